The van der Waals surface area contributed by atoms with Crippen LogP contribution in [0.25, 0.3) is 5.76 Å². The van der Waals surface area contributed by atoms with Crippen LogP contribution in [0.2, 0.25) is 0 Å². The zero-order valence-corrected chi connectivity index (χ0v) is 9.88. The molecule has 0 radical (unpaired) electrons. The molecule has 0 bridgehead atoms. The molecule has 0 saturated carbocycles. The molecule has 0 amide bonds. The van der Waals surface area contributed by atoms with Gasteiger partial charge in [-0.15, -0.1) is 0 Å². The normalized spacial score (nSPS) is 8.81. The number of allylic oxidation sites excluding steroid dienone is 1. The number of methoxy groups -OCH3 is 1. The van der Waals surface area contributed by atoms with Gasteiger partial charge in [0.25, 0.3) is 0 Å². The van der Waals surface area contributed by atoms with E-state index in [2.05, 4.69) is 15.9 Å². The lowest BCUT2D eigenvalue weighted by molar-refractivity contribution is 0.366. The maximum Gasteiger partial charge on any atom is 0.172 e. The fourth-order valence-electron chi connectivity index (χ4n) is 1.15. The molecular formula is C11H6BrFN2O. The molecule has 0 heterocycles. The Bertz CT molecular complexity index is 510. The van der Waals surface area contributed by atoms with E-state index in [1.54, 1.807) is 18.2 Å². The maximum absolute atomic E-state index is 13.6. The van der Waals surface area contributed by atoms with Crippen LogP contribution in [0.4, 0.5) is 4.39 Å². The van der Waals surface area contributed by atoms with Crippen LogP contribution in [0.5, 0.6) is 0 Å². The molecule has 1 rings (SSSR count). The van der Waals surface area contributed by atoms with Crippen LogP contribution in [0.1, 0.15) is 5.56 Å². The fraction of sp³-hybridized carbons (Fsp3) is 0.0909. The van der Waals surface area contributed by atoms with Gasteiger partial charge in [0.15, 0.2) is 11.3 Å². The number of nitriles is 2. The van der Waals surface area contributed by atoms with Crippen LogP contribution < -0.4 is 0 Å². The van der Waals surface area contributed by atoms with Gasteiger partial charge in [-0.25, -0.2) is 4.39 Å². The van der Waals surface area contributed by atoms with Gasteiger partial charge in [0.2, 0.25) is 0 Å². The molecular weight excluding hydrogens is 275 g/mol. The fourth-order valence-corrected chi connectivity index (χ4v) is 1.48. The third-order valence-electron chi connectivity index (χ3n) is 1.83. The van der Waals surface area contributed by atoms with Crippen molar-refractivity contribution < 1.29 is 9.13 Å². The molecule has 0 aliphatic carbocycles. The molecule has 0 aliphatic rings. The molecule has 0 unspecified atom stereocenters. The largest absolute Gasteiger partial charge is 0.494 e. The van der Waals surface area contributed by atoms with Crippen molar-refractivity contribution in [3.8, 4) is 12.1 Å². The molecule has 5 heteroatoms. The van der Waals surface area contributed by atoms with Crippen LogP contribution in [-0.2, 0) is 4.74 Å². The smallest absolute Gasteiger partial charge is 0.172 e. The summed E-state index contributed by atoms with van der Waals surface area (Å²) in [4.78, 5) is 0. The second kappa shape index (κ2) is 5.29. The highest BCUT2D eigenvalue weighted by atomic mass is 79.9. The summed E-state index contributed by atoms with van der Waals surface area (Å²) in [5.41, 5.74) is -0.174. The first kappa shape index (κ1) is 12.2. The highest BCUT2D eigenvalue weighted by Gasteiger charge is 2.14. The van der Waals surface area contributed by atoms with E-state index in [0.29, 0.717) is 4.47 Å². The summed E-state index contributed by atoms with van der Waals surface area (Å²) in [6.45, 7) is 0. The first-order chi connectivity index (χ1) is 7.63. The number of nitrogens with zero attached hydrogens (tertiary/aromatic N) is 2. The second-order valence-electron chi connectivity index (χ2n) is 2.76. The van der Waals surface area contributed by atoms with Crippen LogP contribution >= 0.6 is 15.9 Å². The zero-order chi connectivity index (χ0) is 12.1. The molecule has 0 saturated heterocycles. The third kappa shape index (κ3) is 2.39. The Morgan fingerprint density at radius 1 is 1.38 bits per heavy atom. The van der Waals surface area contributed by atoms with E-state index in [9.17, 15) is 4.39 Å². The molecule has 3 nitrogen and oxygen atoms in total. The number of rotatable bonds is 2. The Labute approximate surface area is 100 Å². The maximum atomic E-state index is 13.6. The summed E-state index contributed by atoms with van der Waals surface area (Å²) in [7, 11) is 1.28. The average Bonchev–Trinajstić information content (AvgIpc) is 2.27. The predicted octanol–water partition coefficient (Wildman–Crippen LogP) is 2.99. The number of halogens is 2. The van der Waals surface area contributed by atoms with E-state index in [-0.39, 0.29) is 16.9 Å². The van der Waals surface area contributed by atoms with Gasteiger partial charge in [-0.1, -0.05) is 15.9 Å². The highest BCUT2D eigenvalue weighted by Crippen LogP contribution is 2.24. The van der Waals surface area contributed by atoms with Gasteiger partial charge in [0, 0.05) is 4.47 Å². The SMILES string of the molecule is COC(=C(C#N)C#N)c1ccc(Br)cc1F. The van der Waals surface area contributed by atoms with E-state index >= 15 is 0 Å². The van der Waals surface area contributed by atoms with E-state index in [1.807, 2.05) is 0 Å². The van der Waals surface area contributed by atoms with Crippen LogP contribution in [0, 0.1) is 28.5 Å². The van der Waals surface area contributed by atoms with Gasteiger partial charge < -0.3 is 4.74 Å². The van der Waals surface area contributed by atoms with Crippen molar-refractivity contribution in [1.82, 2.24) is 0 Å². The molecule has 0 N–H and O–H groups in total. The minimum Gasteiger partial charge on any atom is -0.494 e. The number of ether oxygens (including phenoxy) is 1. The van der Waals surface area contributed by atoms with E-state index in [1.165, 1.54) is 19.2 Å². The average molecular weight is 281 g/mol. The van der Waals surface area contributed by atoms with Crippen LogP contribution in [0.3, 0.4) is 0 Å². The standard InChI is InChI=1S/C11H6BrFN2O/c1-16-11(7(5-14)6-15)9-3-2-8(12)4-10(9)13/h2-4H,1H3. The number of benzene rings is 1. The molecule has 0 fully saturated rings. The first-order valence-corrected chi connectivity index (χ1v) is 4.97. The van der Waals surface area contributed by atoms with Crippen molar-refractivity contribution >= 4 is 21.7 Å². The van der Waals surface area contributed by atoms with Crippen LogP contribution in [-0.4, -0.2) is 7.11 Å². The lowest BCUT2D eigenvalue weighted by Gasteiger charge is -2.07. The molecule has 1 aromatic carbocycles. The van der Waals surface area contributed by atoms with Gasteiger partial charge in [-0.3, -0.25) is 0 Å². The Hall–Kier alpha value is -1.85. The number of hydrogen-bond acceptors (Lipinski definition) is 3. The summed E-state index contributed by atoms with van der Waals surface area (Å²) < 4.78 is 19.0. The Morgan fingerprint density at radius 3 is 2.44 bits per heavy atom. The molecule has 0 spiro atoms. The summed E-state index contributed by atoms with van der Waals surface area (Å²) in [6.07, 6.45) is 0. The van der Waals surface area contributed by atoms with Crippen molar-refractivity contribution in [2.45, 2.75) is 0 Å². The third-order valence-corrected chi connectivity index (χ3v) is 2.32. The van der Waals surface area contributed by atoms with Crippen molar-refractivity contribution in [1.29, 1.82) is 10.5 Å². The summed E-state index contributed by atoms with van der Waals surface area (Å²) in [5.74, 6) is -0.621. The van der Waals surface area contributed by atoms with E-state index < -0.39 is 5.82 Å². The quantitative estimate of drug-likeness (QED) is 0.618. The van der Waals surface area contributed by atoms with Crippen molar-refractivity contribution in [2.75, 3.05) is 7.11 Å². The molecule has 0 aliphatic heterocycles. The molecule has 16 heavy (non-hydrogen) atoms. The summed E-state index contributed by atoms with van der Waals surface area (Å²) in [5, 5.41) is 17.4. The molecule has 0 atom stereocenters. The topological polar surface area (TPSA) is 56.8 Å². The molecule has 80 valence electrons. The lowest BCUT2D eigenvalue weighted by Crippen LogP contribution is -1.95. The van der Waals surface area contributed by atoms with Crippen molar-refractivity contribution in [3.05, 3.63) is 39.6 Å². The Morgan fingerprint density at radius 2 is 2.00 bits per heavy atom. The molecule has 0 aromatic heterocycles. The van der Waals surface area contributed by atoms with Crippen molar-refractivity contribution in [2.24, 2.45) is 0 Å². The lowest BCUT2D eigenvalue weighted by atomic mass is 10.1. The van der Waals surface area contributed by atoms with Gasteiger partial charge in [0.05, 0.1) is 12.7 Å². The summed E-state index contributed by atoms with van der Waals surface area (Å²) >= 11 is 3.11. The summed E-state index contributed by atoms with van der Waals surface area (Å²) in [6, 6.07) is 7.59. The Balaban J connectivity index is 3.43. The van der Waals surface area contributed by atoms with Crippen molar-refractivity contribution in [3.63, 3.8) is 0 Å². The van der Waals surface area contributed by atoms with Gasteiger partial charge in [-0.2, -0.15) is 10.5 Å². The van der Waals surface area contributed by atoms with Gasteiger partial charge >= 0.3 is 0 Å². The Kier molecular flexibility index (Phi) is 4.04. The van der Waals surface area contributed by atoms with E-state index in [0.717, 1.165) is 0 Å². The van der Waals surface area contributed by atoms with Gasteiger partial charge in [-0.05, 0) is 18.2 Å². The minimum absolute atomic E-state index is 0.0602. The zero-order valence-electron chi connectivity index (χ0n) is 8.29. The van der Waals surface area contributed by atoms with E-state index in [4.69, 9.17) is 15.3 Å². The van der Waals surface area contributed by atoms with Crippen LogP contribution in [0.15, 0.2) is 28.2 Å². The minimum atomic E-state index is -0.561. The predicted molar refractivity (Wildman–Crippen MR) is 59.3 cm³/mol. The monoisotopic (exact) mass is 280 g/mol. The first-order valence-electron chi connectivity index (χ1n) is 4.18. The van der Waals surface area contributed by atoms with Gasteiger partial charge in [0.1, 0.15) is 18.0 Å². The number of hydrogen-bond donors (Lipinski definition) is 0. The second-order valence-corrected chi connectivity index (χ2v) is 3.67. The molecule has 1 aromatic rings. The highest BCUT2D eigenvalue weighted by molar-refractivity contribution is 9.10.